The zero-order valence-electron chi connectivity index (χ0n) is 12.4. The number of pyridine rings is 1. The Morgan fingerprint density at radius 2 is 1.86 bits per heavy atom. The zero-order valence-corrected chi connectivity index (χ0v) is 13.3. The number of hydrogen-bond acceptors (Lipinski definition) is 5. The van der Waals surface area contributed by atoms with Gasteiger partial charge in [-0.1, -0.05) is 6.07 Å². The van der Waals surface area contributed by atoms with Gasteiger partial charge in [0.2, 0.25) is 0 Å². The number of nitrogens with one attached hydrogen (secondary N) is 1. The maximum Gasteiger partial charge on any atom is 0.266 e. The number of nitrogens with zero attached hydrogens (tertiary/aromatic N) is 1. The molecule has 6 nitrogen and oxygen atoms in total. The fourth-order valence-corrected chi connectivity index (χ4v) is 3.01. The van der Waals surface area contributed by atoms with Crippen molar-refractivity contribution in [2.75, 3.05) is 17.9 Å². The van der Waals surface area contributed by atoms with Crippen LogP contribution in [-0.2, 0) is 10.0 Å². The second kappa shape index (κ2) is 7.13. The number of aromatic nitrogens is 1. The lowest BCUT2D eigenvalue weighted by atomic mass is 10.3. The van der Waals surface area contributed by atoms with Crippen molar-refractivity contribution in [2.24, 2.45) is 0 Å². The van der Waals surface area contributed by atoms with Crippen LogP contribution in [0.15, 0.2) is 47.5 Å². The number of rotatable bonds is 7. The maximum atomic E-state index is 12.6. The van der Waals surface area contributed by atoms with E-state index in [1.54, 1.807) is 37.3 Å². The van der Waals surface area contributed by atoms with E-state index in [9.17, 15) is 8.42 Å². The summed E-state index contributed by atoms with van der Waals surface area (Å²) >= 11 is 0. The Balaban J connectivity index is 2.40. The molecule has 0 saturated carbocycles. The Hall–Kier alpha value is -2.28. The number of sulfonamides is 1. The lowest BCUT2D eigenvalue weighted by Crippen LogP contribution is -2.15. The first-order chi connectivity index (χ1) is 10.6. The molecule has 2 aromatic rings. The van der Waals surface area contributed by atoms with Gasteiger partial charge in [-0.3, -0.25) is 4.72 Å². The Morgan fingerprint density at radius 1 is 1.09 bits per heavy atom. The molecule has 0 saturated heterocycles. The van der Waals surface area contributed by atoms with Gasteiger partial charge in [0, 0.05) is 12.3 Å². The van der Waals surface area contributed by atoms with E-state index in [1.807, 2.05) is 6.92 Å². The Kier molecular flexibility index (Phi) is 5.21. The van der Waals surface area contributed by atoms with Crippen LogP contribution in [0.3, 0.4) is 0 Å². The summed E-state index contributed by atoms with van der Waals surface area (Å²) in [6.07, 6.45) is 1.51. The van der Waals surface area contributed by atoms with Gasteiger partial charge in [0.1, 0.15) is 22.2 Å². The molecule has 1 N–H and O–H groups in total. The molecule has 0 amide bonds. The quantitative estimate of drug-likeness (QED) is 0.848. The van der Waals surface area contributed by atoms with Crippen LogP contribution in [0.4, 0.5) is 5.82 Å². The summed E-state index contributed by atoms with van der Waals surface area (Å²) < 4.78 is 38.3. The van der Waals surface area contributed by atoms with Crippen LogP contribution in [0.5, 0.6) is 11.5 Å². The molecule has 0 bridgehead atoms. The van der Waals surface area contributed by atoms with E-state index in [0.717, 1.165) is 0 Å². The molecular formula is C15H18N2O4S. The van der Waals surface area contributed by atoms with Crippen LogP contribution in [0.25, 0.3) is 0 Å². The van der Waals surface area contributed by atoms with Gasteiger partial charge in [-0.25, -0.2) is 13.4 Å². The molecule has 7 heteroatoms. The average molecular weight is 322 g/mol. The number of ether oxygens (including phenoxy) is 2. The third-order valence-electron chi connectivity index (χ3n) is 2.72. The SMILES string of the molecule is CCOc1ccc(OCC)c(S(=O)(=O)Nc2ccccn2)c1. The molecule has 2 rings (SSSR count). The highest BCUT2D eigenvalue weighted by Gasteiger charge is 2.21. The van der Waals surface area contributed by atoms with Gasteiger partial charge in [-0.15, -0.1) is 0 Å². The monoisotopic (exact) mass is 322 g/mol. The van der Waals surface area contributed by atoms with E-state index < -0.39 is 10.0 Å². The van der Waals surface area contributed by atoms with Gasteiger partial charge in [0.15, 0.2) is 0 Å². The van der Waals surface area contributed by atoms with Crippen LogP contribution in [0.2, 0.25) is 0 Å². The molecule has 0 radical (unpaired) electrons. The molecule has 1 aromatic heterocycles. The highest BCUT2D eigenvalue weighted by atomic mass is 32.2. The normalized spacial score (nSPS) is 11.0. The molecule has 0 fully saturated rings. The number of hydrogen-bond donors (Lipinski definition) is 1. The van der Waals surface area contributed by atoms with Crippen molar-refractivity contribution in [3.8, 4) is 11.5 Å². The van der Waals surface area contributed by atoms with Gasteiger partial charge >= 0.3 is 0 Å². The summed E-state index contributed by atoms with van der Waals surface area (Å²) in [7, 11) is -3.82. The predicted octanol–water partition coefficient (Wildman–Crippen LogP) is 2.68. The molecule has 0 atom stereocenters. The summed E-state index contributed by atoms with van der Waals surface area (Å²) in [5, 5.41) is 0. The van der Waals surface area contributed by atoms with E-state index in [4.69, 9.17) is 9.47 Å². The lowest BCUT2D eigenvalue weighted by molar-refractivity contribution is 0.322. The van der Waals surface area contributed by atoms with Gasteiger partial charge in [0.25, 0.3) is 10.0 Å². The minimum Gasteiger partial charge on any atom is -0.494 e. The molecular weight excluding hydrogens is 304 g/mol. The average Bonchev–Trinajstić information content (AvgIpc) is 2.50. The predicted molar refractivity (Wildman–Crippen MR) is 83.8 cm³/mol. The van der Waals surface area contributed by atoms with Crippen molar-refractivity contribution < 1.29 is 17.9 Å². The van der Waals surface area contributed by atoms with Crippen LogP contribution >= 0.6 is 0 Å². The Bertz CT molecular complexity index is 718. The third kappa shape index (κ3) is 3.88. The van der Waals surface area contributed by atoms with E-state index in [-0.39, 0.29) is 16.5 Å². The second-order valence-electron chi connectivity index (χ2n) is 4.30. The first-order valence-electron chi connectivity index (χ1n) is 6.90. The van der Waals surface area contributed by atoms with Gasteiger partial charge in [0.05, 0.1) is 13.2 Å². The zero-order chi connectivity index (χ0) is 16.0. The Labute approximate surface area is 130 Å². The number of anilines is 1. The largest absolute Gasteiger partial charge is 0.494 e. The molecule has 0 aliphatic heterocycles. The topological polar surface area (TPSA) is 77.5 Å². The van der Waals surface area contributed by atoms with Crippen LogP contribution in [0.1, 0.15) is 13.8 Å². The number of benzene rings is 1. The van der Waals surface area contributed by atoms with E-state index in [1.165, 1.54) is 12.3 Å². The van der Waals surface area contributed by atoms with E-state index >= 15 is 0 Å². The summed E-state index contributed by atoms with van der Waals surface area (Å²) in [6, 6.07) is 9.68. The molecule has 1 heterocycles. The van der Waals surface area contributed by atoms with Gasteiger partial charge in [-0.05, 0) is 38.1 Å². The Morgan fingerprint density at radius 3 is 2.50 bits per heavy atom. The molecule has 0 unspecified atom stereocenters. The minimum absolute atomic E-state index is 0.0194. The smallest absolute Gasteiger partial charge is 0.266 e. The van der Waals surface area contributed by atoms with Crippen LogP contribution < -0.4 is 14.2 Å². The van der Waals surface area contributed by atoms with Crippen molar-refractivity contribution in [1.82, 2.24) is 4.98 Å². The molecule has 0 aliphatic rings. The summed E-state index contributed by atoms with van der Waals surface area (Å²) in [6.45, 7) is 4.43. The standard InChI is InChI=1S/C15H18N2O4S/c1-3-20-12-8-9-13(21-4-2)14(11-12)22(18,19)17-15-7-5-6-10-16-15/h5-11H,3-4H2,1-2H3,(H,16,17). The van der Waals surface area contributed by atoms with Crippen LogP contribution in [0, 0.1) is 0 Å². The summed E-state index contributed by atoms with van der Waals surface area (Å²) in [4.78, 5) is 3.98. The van der Waals surface area contributed by atoms with Crippen molar-refractivity contribution in [2.45, 2.75) is 18.7 Å². The second-order valence-corrected chi connectivity index (χ2v) is 5.95. The highest BCUT2D eigenvalue weighted by Crippen LogP contribution is 2.29. The van der Waals surface area contributed by atoms with Crippen LogP contribution in [-0.4, -0.2) is 26.6 Å². The third-order valence-corrected chi connectivity index (χ3v) is 4.10. The summed E-state index contributed by atoms with van der Waals surface area (Å²) in [5.74, 6) is 0.980. The van der Waals surface area contributed by atoms with Crippen molar-refractivity contribution in [1.29, 1.82) is 0 Å². The molecule has 0 spiro atoms. The van der Waals surface area contributed by atoms with Gasteiger partial charge < -0.3 is 9.47 Å². The molecule has 118 valence electrons. The minimum atomic E-state index is -3.82. The molecule has 0 aliphatic carbocycles. The van der Waals surface area contributed by atoms with Crippen molar-refractivity contribution in [3.05, 3.63) is 42.6 Å². The first-order valence-corrected chi connectivity index (χ1v) is 8.38. The van der Waals surface area contributed by atoms with Crippen molar-refractivity contribution >= 4 is 15.8 Å². The van der Waals surface area contributed by atoms with Crippen molar-refractivity contribution in [3.63, 3.8) is 0 Å². The fraction of sp³-hybridized carbons (Fsp3) is 0.267. The maximum absolute atomic E-state index is 12.6. The van der Waals surface area contributed by atoms with E-state index in [0.29, 0.717) is 19.0 Å². The van der Waals surface area contributed by atoms with Gasteiger partial charge in [-0.2, -0.15) is 0 Å². The molecule has 22 heavy (non-hydrogen) atoms. The molecule has 1 aromatic carbocycles. The first kappa shape index (κ1) is 16.1. The lowest BCUT2D eigenvalue weighted by Gasteiger charge is -2.13. The van der Waals surface area contributed by atoms with E-state index in [2.05, 4.69) is 9.71 Å². The highest BCUT2D eigenvalue weighted by molar-refractivity contribution is 7.92. The summed E-state index contributed by atoms with van der Waals surface area (Å²) in [5.41, 5.74) is 0. The fourth-order valence-electron chi connectivity index (χ4n) is 1.85.